The molecule has 292 valence electrons. The monoisotopic (exact) mass is 790 g/mol. The zero-order valence-electron chi connectivity index (χ0n) is 34.1. The highest BCUT2D eigenvalue weighted by Gasteiger charge is 2.24. The van der Waals surface area contributed by atoms with E-state index in [9.17, 15) is 0 Å². The summed E-state index contributed by atoms with van der Waals surface area (Å²) in [5.41, 5.74) is 18.6. The van der Waals surface area contributed by atoms with E-state index in [1.165, 1.54) is 66.4 Å². The molecule has 0 aliphatic heterocycles. The fourth-order valence-corrected chi connectivity index (χ4v) is 9.20. The summed E-state index contributed by atoms with van der Waals surface area (Å²) in [5.74, 6) is 0. The fraction of sp³-hybridized carbons (Fsp3) is 0. The van der Waals surface area contributed by atoms with E-state index in [0.717, 1.165) is 33.8 Å². The molecule has 0 saturated carbocycles. The van der Waals surface area contributed by atoms with Gasteiger partial charge in [0.25, 0.3) is 0 Å². The maximum absolute atomic E-state index is 2.48. The topological polar surface area (TPSA) is 8.17 Å². The van der Waals surface area contributed by atoms with Crippen LogP contribution >= 0.6 is 0 Å². The predicted octanol–water partition coefficient (Wildman–Crippen LogP) is 16.6. The molecule has 0 spiro atoms. The lowest BCUT2D eigenvalue weighted by Gasteiger charge is -2.29. The quantitative estimate of drug-likeness (QED) is 0.141. The molecule has 0 amide bonds. The van der Waals surface area contributed by atoms with Crippen molar-refractivity contribution < 1.29 is 0 Å². The van der Waals surface area contributed by atoms with Gasteiger partial charge in [-0.2, -0.15) is 0 Å². The van der Waals surface area contributed by atoms with Crippen molar-refractivity contribution in [3.05, 3.63) is 255 Å². The van der Waals surface area contributed by atoms with Gasteiger partial charge in [0.15, 0.2) is 0 Å². The third-order valence-corrected chi connectivity index (χ3v) is 12.0. The molecule has 0 radical (unpaired) electrons. The van der Waals surface area contributed by atoms with Crippen LogP contribution in [0.2, 0.25) is 0 Å². The molecule has 0 unspecified atom stereocenters. The average molecular weight is 791 g/mol. The minimum atomic E-state index is 1.08. The number of para-hydroxylation sites is 3. The summed E-state index contributed by atoms with van der Waals surface area (Å²) >= 11 is 0. The molecule has 2 nitrogen and oxygen atoms in total. The number of hydrogen-bond acceptors (Lipinski definition) is 1. The van der Waals surface area contributed by atoms with Gasteiger partial charge in [-0.1, -0.05) is 200 Å². The second kappa shape index (κ2) is 16.1. The Morgan fingerprint density at radius 1 is 0.274 bits per heavy atom. The molecule has 2 heteroatoms. The number of aromatic nitrogens is 1. The maximum atomic E-state index is 2.48. The van der Waals surface area contributed by atoms with Crippen LogP contribution in [0.5, 0.6) is 0 Å². The Bertz CT molecular complexity index is 3330. The van der Waals surface area contributed by atoms with Gasteiger partial charge < -0.3 is 9.47 Å². The van der Waals surface area contributed by atoms with Gasteiger partial charge in [-0.15, -0.1) is 0 Å². The lowest BCUT2D eigenvalue weighted by molar-refractivity contribution is 1.18. The van der Waals surface area contributed by atoms with Crippen molar-refractivity contribution >= 4 is 38.9 Å². The molecule has 11 rings (SSSR count). The van der Waals surface area contributed by atoms with Crippen LogP contribution in [-0.4, -0.2) is 4.57 Å². The Labute approximate surface area is 362 Å². The highest BCUT2D eigenvalue weighted by Crippen LogP contribution is 2.48. The van der Waals surface area contributed by atoms with Gasteiger partial charge in [0.1, 0.15) is 0 Å². The smallest absolute Gasteiger partial charge is 0.0562 e. The normalized spacial score (nSPS) is 11.2. The average Bonchev–Trinajstić information content (AvgIpc) is 3.70. The molecule has 10 aromatic carbocycles. The minimum Gasteiger partial charge on any atom is -0.309 e. The van der Waals surface area contributed by atoms with Gasteiger partial charge in [0.2, 0.25) is 0 Å². The highest BCUT2D eigenvalue weighted by molar-refractivity contribution is 6.17. The highest BCUT2D eigenvalue weighted by atomic mass is 15.2. The van der Waals surface area contributed by atoms with Crippen LogP contribution in [0.4, 0.5) is 17.1 Å². The van der Waals surface area contributed by atoms with Gasteiger partial charge in [0.05, 0.1) is 22.4 Å². The summed E-state index contributed by atoms with van der Waals surface area (Å²) in [7, 11) is 0. The Morgan fingerprint density at radius 3 is 1.42 bits per heavy atom. The van der Waals surface area contributed by atoms with Gasteiger partial charge in [0, 0.05) is 27.7 Å². The largest absolute Gasteiger partial charge is 0.309 e. The molecule has 0 aliphatic carbocycles. The SMILES string of the molecule is c1ccc(-c2cccc(-c3ccc(N(c4ccccc4-c4ccccc4-c4ccccc4-c4ccccc4)c4cccc5c4c4ccccc4n5-c4ccccc4)cc3)c2)cc1. The molecule has 0 N–H and O–H groups in total. The summed E-state index contributed by atoms with van der Waals surface area (Å²) in [6.07, 6.45) is 0. The Balaban J connectivity index is 1.14. The summed E-state index contributed by atoms with van der Waals surface area (Å²) in [5, 5.41) is 2.40. The molecular formula is C60H42N2. The molecule has 1 aromatic heterocycles. The van der Waals surface area contributed by atoms with Crippen molar-refractivity contribution in [2.45, 2.75) is 0 Å². The summed E-state index contributed by atoms with van der Waals surface area (Å²) in [4.78, 5) is 2.48. The molecule has 62 heavy (non-hydrogen) atoms. The summed E-state index contributed by atoms with van der Waals surface area (Å²) in [6.45, 7) is 0. The van der Waals surface area contributed by atoms with E-state index in [1.807, 2.05) is 0 Å². The Kier molecular flexibility index (Phi) is 9.57. The van der Waals surface area contributed by atoms with Gasteiger partial charge in [-0.25, -0.2) is 0 Å². The van der Waals surface area contributed by atoms with Crippen LogP contribution in [0.1, 0.15) is 0 Å². The van der Waals surface area contributed by atoms with Crippen LogP contribution in [-0.2, 0) is 0 Å². The van der Waals surface area contributed by atoms with E-state index in [2.05, 4.69) is 264 Å². The van der Waals surface area contributed by atoms with E-state index in [1.54, 1.807) is 0 Å². The standard InChI is InChI=1S/C60H42N2/c1-4-20-43(21-5-1)46-24-18-25-47(42-46)44-38-40-49(41-39-44)62(59-37-19-36-58-60(59)55-33-15-17-35-57(55)61(58)48-26-8-3-9-27-48)56-34-16-14-32-54(56)53-31-13-12-30-52(53)51-29-11-10-28-50(51)45-22-6-2-7-23-45/h1-42H. The van der Waals surface area contributed by atoms with E-state index in [0.29, 0.717) is 0 Å². The summed E-state index contributed by atoms with van der Waals surface area (Å²) < 4.78 is 2.40. The molecule has 1 heterocycles. The number of anilines is 3. The van der Waals surface area contributed by atoms with Gasteiger partial charge in [-0.05, 0) is 105 Å². The molecule has 0 aliphatic rings. The molecule has 0 atom stereocenters. The van der Waals surface area contributed by atoms with Crippen molar-refractivity contribution in [3.8, 4) is 61.3 Å². The molecule has 0 fully saturated rings. The van der Waals surface area contributed by atoms with E-state index in [-0.39, 0.29) is 0 Å². The fourth-order valence-electron chi connectivity index (χ4n) is 9.20. The first-order valence-electron chi connectivity index (χ1n) is 21.3. The van der Waals surface area contributed by atoms with Crippen LogP contribution in [0, 0.1) is 0 Å². The van der Waals surface area contributed by atoms with Crippen LogP contribution in [0.3, 0.4) is 0 Å². The minimum absolute atomic E-state index is 1.08. The van der Waals surface area contributed by atoms with Crippen molar-refractivity contribution in [1.82, 2.24) is 4.57 Å². The van der Waals surface area contributed by atoms with Crippen molar-refractivity contribution in [2.75, 3.05) is 4.90 Å². The lowest BCUT2D eigenvalue weighted by Crippen LogP contribution is -2.12. The summed E-state index contributed by atoms with van der Waals surface area (Å²) in [6, 6.07) is 92.1. The number of nitrogens with zero attached hydrogens (tertiary/aromatic N) is 2. The van der Waals surface area contributed by atoms with Gasteiger partial charge in [-0.3, -0.25) is 0 Å². The molecule has 0 saturated heterocycles. The first kappa shape index (κ1) is 36.8. The second-order valence-corrected chi connectivity index (χ2v) is 15.7. The number of fused-ring (bicyclic) bond motifs is 3. The number of rotatable bonds is 9. The first-order valence-corrected chi connectivity index (χ1v) is 21.3. The van der Waals surface area contributed by atoms with Crippen LogP contribution in [0.25, 0.3) is 83.1 Å². The van der Waals surface area contributed by atoms with Crippen LogP contribution < -0.4 is 4.90 Å². The zero-order chi connectivity index (χ0) is 41.2. The zero-order valence-corrected chi connectivity index (χ0v) is 34.1. The lowest BCUT2D eigenvalue weighted by atomic mass is 9.88. The molecule has 11 aromatic rings. The van der Waals surface area contributed by atoms with E-state index in [4.69, 9.17) is 0 Å². The Morgan fingerprint density at radius 2 is 0.726 bits per heavy atom. The third kappa shape index (κ3) is 6.65. The number of hydrogen-bond donors (Lipinski definition) is 0. The molecule has 0 bridgehead atoms. The second-order valence-electron chi connectivity index (χ2n) is 15.7. The third-order valence-electron chi connectivity index (χ3n) is 12.0. The van der Waals surface area contributed by atoms with Crippen molar-refractivity contribution in [1.29, 1.82) is 0 Å². The van der Waals surface area contributed by atoms with Crippen molar-refractivity contribution in [2.24, 2.45) is 0 Å². The van der Waals surface area contributed by atoms with E-state index >= 15 is 0 Å². The Hall–Kier alpha value is -8.20. The van der Waals surface area contributed by atoms with Gasteiger partial charge >= 0.3 is 0 Å². The van der Waals surface area contributed by atoms with Crippen LogP contribution in [0.15, 0.2) is 255 Å². The maximum Gasteiger partial charge on any atom is 0.0562 e. The predicted molar refractivity (Wildman–Crippen MR) is 263 cm³/mol. The van der Waals surface area contributed by atoms with Crippen molar-refractivity contribution in [3.63, 3.8) is 0 Å². The first-order chi connectivity index (χ1) is 30.8. The van der Waals surface area contributed by atoms with E-state index < -0.39 is 0 Å². The number of benzene rings is 10. The molecular weight excluding hydrogens is 749 g/mol.